The second-order valence-electron chi connectivity index (χ2n) is 27.8. The van der Waals surface area contributed by atoms with Gasteiger partial charge in [-0.2, -0.15) is 0 Å². The van der Waals surface area contributed by atoms with Gasteiger partial charge in [0.05, 0.1) is 90.6 Å². The summed E-state index contributed by atoms with van der Waals surface area (Å²) in [5, 5.41) is 46.6. The van der Waals surface area contributed by atoms with Gasteiger partial charge in [0, 0.05) is 92.4 Å². The van der Waals surface area contributed by atoms with Crippen molar-refractivity contribution < 1.29 is 77.0 Å². The molecule has 25 heteroatoms. The molecule has 3 fully saturated rings. The third kappa shape index (κ3) is 17.6. The number of hydrogen-bond donors (Lipinski definition) is 5. The molecule has 25 nitrogen and oxygen atoms in total. The van der Waals surface area contributed by atoms with Gasteiger partial charge < -0.3 is 67.7 Å². The molecule has 564 valence electrons. The number of carboxylic acids is 2. The third-order valence-corrected chi connectivity index (χ3v) is 20.2. The van der Waals surface area contributed by atoms with Gasteiger partial charge in [-0.05, 0) is 184 Å². The van der Waals surface area contributed by atoms with Crippen molar-refractivity contribution in [2.45, 2.75) is 92.8 Å². The van der Waals surface area contributed by atoms with Gasteiger partial charge in [0.25, 0.3) is 29.7 Å². The number of amides is 3. The number of aryl methyl sites for hydroxylation is 6. The third-order valence-electron chi connectivity index (χ3n) is 20.2. The van der Waals surface area contributed by atoms with Gasteiger partial charge in [0.2, 0.25) is 17.3 Å². The standard InChI is InChI=1S/3C26H28N2O5.2C2H4O2/c3*1-16-13-20-21(14-17(16)2)33-25-22(24(20)30)23(18-5-3-6-19(29)15-18)28(26(25)31)8-4-7-27-9-11-32-12-10-27;2*1-2(3)4/h3*3,5-6,13-15,23,29H,4,7-12H2,1-2H3;2*1H3,(H,3,4). The molecule has 3 amide bonds. The van der Waals surface area contributed by atoms with E-state index in [1.165, 1.54) is 0 Å². The Morgan fingerprint density at radius 1 is 0.364 bits per heavy atom. The number of carbonyl (C=O) groups excluding carboxylic acids is 3. The fourth-order valence-electron chi connectivity index (χ4n) is 14.5. The van der Waals surface area contributed by atoms with E-state index in [2.05, 4.69) is 14.7 Å². The molecule has 3 unspecified atom stereocenters. The smallest absolute Gasteiger partial charge is 0.300 e. The first-order chi connectivity index (χ1) is 51.3. The summed E-state index contributed by atoms with van der Waals surface area (Å²) in [7, 11) is 0. The topological polar surface area (TPSA) is 324 Å². The van der Waals surface area contributed by atoms with Crippen molar-refractivity contribution in [1.29, 1.82) is 0 Å². The Morgan fingerprint density at radius 2 is 0.598 bits per heavy atom. The summed E-state index contributed by atoms with van der Waals surface area (Å²) in [6, 6.07) is 29.5. The number of aromatic hydroxyl groups is 3. The molecular weight excluding hydrogens is 1370 g/mol. The fraction of sp³-hybridized carbons (Fsp3) is 0.390. The highest BCUT2D eigenvalue weighted by atomic mass is 16.5. The van der Waals surface area contributed by atoms with Crippen molar-refractivity contribution in [1.82, 2.24) is 29.4 Å². The molecule has 0 bridgehead atoms. The van der Waals surface area contributed by atoms with Crippen LogP contribution in [0, 0.1) is 41.5 Å². The van der Waals surface area contributed by atoms with Crippen molar-refractivity contribution in [3.63, 3.8) is 0 Å². The lowest BCUT2D eigenvalue weighted by Crippen LogP contribution is -2.38. The van der Waals surface area contributed by atoms with Crippen LogP contribution in [0.5, 0.6) is 17.2 Å². The largest absolute Gasteiger partial charge is 0.508 e. The number of carbonyl (C=O) groups is 5. The van der Waals surface area contributed by atoms with E-state index < -0.39 is 30.1 Å². The summed E-state index contributed by atoms with van der Waals surface area (Å²) in [4.78, 5) is 112. The second-order valence-corrected chi connectivity index (χ2v) is 27.8. The maximum atomic E-state index is 13.6. The zero-order valence-corrected chi connectivity index (χ0v) is 61.6. The van der Waals surface area contributed by atoms with Crippen molar-refractivity contribution in [3.8, 4) is 17.2 Å². The maximum absolute atomic E-state index is 13.6. The van der Waals surface area contributed by atoms with Gasteiger partial charge in [-0.3, -0.25) is 53.1 Å². The number of morpholine rings is 3. The Morgan fingerprint density at radius 3 is 0.832 bits per heavy atom. The van der Waals surface area contributed by atoms with Gasteiger partial charge >= 0.3 is 0 Å². The molecule has 6 aliphatic heterocycles. The number of benzene rings is 6. The summed E-state index contributed by atoms with van der Waals surface area (Å²) >= 11 is 0. The number of phenols is 3. The van der Waals surface area contributed by atoms with Crippen LogP contribution >= 0.6 is 0 Å². The van der Waals surface area contributed by atoms with E-state index in [-0.39, 0.29) is 68.5 Å². The molecule has 0 aliphatic carbocycles. The maximum Gasteiger partial charge on any atom is 0.300 e. The van der Waals surface area contributed by atoms with Gasteiger partial charge in [-0.15, -0.1) is 0 Å². The Labute approximate surface area is 618 Å². The lowest BCUT2D eigenvalue weighted by atomic mass is 9.97. The molecule has 3 saturated heterocycles. The second kappa shape index (κ2) is 34.4. The average molecular weight is 1470 g/mol. The van der Waals surface area contributed by atoms with Gasteiger partial charge in [0.15, 0.2) is 16.3 Å². The zero-order valence-electron chi connectivity index (χ0n) is 61.6. The molecule has 9 aromatic rings. The normalized spacial score (nSPS) is 17.9. The Hall–Kier alpha value is -10.5. The SMILES string of the molecule is CC(=O)O.CC(=O)O.Cc1cc2oc3c(c(=O)c2cc1C)C(c1cccc(O)c1)N(CCCN1CCOCC1)C3=O.Cc1cc2oc3c(c(=O)c2cc1C)C(c1cccc(O)c1)N(CCCN1CCOCC1)C3=O.Cc1cc2oc3c(c(=O)c2cc1C)C(c1cccc(O)c1)N(CCCN1CCOCC1)C3=O. The number of nitrogens with zero attached hydrogens (tertiary/aromatic N) is 6. The van der Waals surface area contributed by atoms with Gasteiger partial charge in [-0.1, -0.05) is 36.4 Å². The number of hydrogen-bond acceptors (Lipinski definition) is 20. The van der Waals surface area contributed by atoms with E-state index in [0.717, 1.165) is 165 Å². The first-order valence-electron chi connectivity index (χ1n) is 36.1. The van der Waals surface area contributed by atoms with Crippen LogP contribution in [0.25, 0.3) is 32.9 Å². The van der Waals surface area contributed by atoms with E-state index in [1.54, 1.807) is 69.3 Å². The number of phenolic OH excluding ortho intramolecular Hbond substituents is 3. The van der Waals surface area contributed by atoms with Crippen LogP contribution in [0.1, 0.15) is 150 Å². The minimum atomic E-state index is -0.833. The van der Waals surface area contributed by atoms with Crippen molar-refractivity contribution >= 4 is 62.6 Å². The molecule has 0 spiro atoms. The molecule has 6 aromatic carbocycles. The van der Waals surface area contributed by atoms with Crippen molar-refractivity contribution in [3.05, 3.63) is 224 Å². The van der Waals surface area contributed by atoms with E-state index in [4.69, 9.17) is 47.3 Å². The van der Waals surface area contributed by atoms with Crippen LogP contribution in [-0.4, -0.2) is 203 Å². The van der Waals surface area contributed by atoms with Crippen LogP contribution in [-0.2, 0) is 23.8 Å². The molecule has 3 aromatic heterocycles. The van der Waals surface area contributed by atoms with Gasteiger partial charge in [-0.25, -0.2) is 0 Å². The highest BCUT2D eigenvalue weighted by Crippen LogP contribution is 2.43. The molecule has 6 aliphatic rings. The molecule has 15 rings (SSSR count). The fourth-order valence-corrected chi connectivity index (χ4v) is 14.5. The lowest BCUT2D eigenvalue weighted by Gasteiger charge is -2.29. The molecule has 5 N–H and O–H groups in total. The van der Waals surface area contributed by atoms with E-state index >= 15 is 0 Å². The van der Waals surface area contributed by atoms with Crippen LogP contribution < -0.4 is 16.3 Å². The molecule has 3 atom stereocenters. The Bertz CT molecular complexity index is 4520. The molecule has 0 radical (unpaired) electrons. The van der Waals surface area contributed by atoms with Crippen LogP contribution in [0.15, 0.2) is 137 Å². The molecule has 107 heavy (non-hydrogen) atoms. The number of fused-ring (bicyclic) bond motifs is 6. The summed E-state index contributed by atoms with van der Waals surface area (Å²) in [5.41, 5.74) is 9.88. The summed E-state index contributed by atoms with van der Waals surface area (Å²) in [6.45, 7) is 27.5. The van der Waals surface area contributed by atoms with Crippen molar-refractivity contribution in [2.24, 2.45) is 0 Å². The highest BCUT2D eigenvalue weighted by molar-refractivity contribution is 6.01. The minimum absolute atomic E-state index is 0.0957. The van der Waals surface area contributed by atoms with Crippen LogP contribution in [0.3, 0.4) is 0 Å². The van der Waals surface area contributed by atoms with Crippen LogP contribution in [0.4, 0.5) is 0 Å². The monoisotopic (exact) mass is 1460 g/mol. The van der Waals surface area contributed by atoms with Crippen LogP contribution in [0.2, 0.25) is 0 Å². The predicted molar refractivity (Wildman–Crippen MR) is 401 cm³/mol. The molecular formula is C82H92N6O19. The minimum Gasteiger partial charge on any atom is -0.508 e. The quantitative estimate of drug-likeness (QED) is 0.0637. The first-order valence-corrected chi connectivity index (χ1v) is 36.1. The lowest BCUT2D eigenvalue weighted by molar-refractivity contribution is -0.135. The number of ether oxygens (including phenoxy) is 3. The summed E-state index contributed by atoms with van der Waals surface area (Å²) < 4.78 is 34.4. The number of rotatable bonds is 15. The summed E-state index contributed by atoms with van der Waals surface area (Å²) in [5.74, 6) is -1.90. The zero-order chi connectivity index (χ0) is 76.5. The van der Waals surface area contributed by atoms with E-state index in [1.807, 2.05) is 96.1 Å². The summed E-state index contributed by atoms with van der Waals surface area (Å²) in [6.07, 6.45) is 2.29. The Balaban J connectivity index is 0.000000152. The highest BCUT2D eigenvalue weighted by Gasteiger charge is 2.46. The molecule has 9 heterocycles. The number of aliphatic carboxylic acids is 2. The number of carboxylic acid groups (broad SMARTS) is 2. The van der Waals surface area contributed by atoms with Gasteiger partial charge in [0.1, 0.15) is 34.0 Å². The van der Waals surface area contributed by atoms with Crippen molar-refractivity contribution in [2.75, 3.05) is 118 Å². The first kappa shape index (κ1) is 77.6. The molecule has 0 saturated carbocycles. The van der Waals surface area contributed by atoms with E-state index in [0.29, 0.717) is 85.9 Å². The van der Waals surface area contributed by atoms with E-state index in [9.17, 15) is 44.1 Å². The predicted octanol–water partition coefficient (Wildman–Crippen LogP) is 10.3. The average Bonchev–Trinajstić information content (AvgIpc) is 1.65. The Kier molecular flexibility index (Phi) is 24.9.